The topological polar surface area (TPSA) is 148 Å². The highest BCUT2D eigenvalue weighted by Crippen LogP contribution is 2.18. The van der Waals surface area contributed by atoms with Crippen LogP contribution in [0.5, 0.6) is 0 Å². The standard InChI is InChI=1S/C11H13N5O5S/c1-6(13-11(17)18)10-14-9(16-21-10)7-3-8(15-12-4-7)5-22(2,19)20/h3-4,6,13H,5H2,1-2H3,(H,17,18). The minimum atomic E-state index is -3.24. The van der Waals surface area contributed by atoms with Gasteiger partial charge in [0, 0.05) is 11.8 Å². The average Bonchev–Trinajstić information content (AvgIpc) is 2.85. The quantitative estimate of drug-likeness (QED) is 0.795. The fourth-order valence-corrected chi connectivity index (χ4v) is 2.33. The number of rotatable bonds is 5. The highest BCUT2D eigenvalue weighted by atomic mass is 32.2. The number of amides is 1. The van der Waals surface area contributed by atoms with E-state index in [0.717, 1.165) is 6.26 Å². The lowest BCUT2D eigenvalue weighted by molar-refractivity contribution is 0.187. The van der Waals surface area contributed by atoms with Crippen molar-refractivity contribution in [3.63, 3.8) is 0 Å². The molecule has 2 aromatic heterocycles. The number of hydrogen-bond donors (Lipinski definition) is 2. The Balaban J connectivity index is 2.24. The molecule has 1 amide bonds. The van der Waals surface area contributed by atoms with E-state index in [1.807, 2.05) is 0 Å². The van der Waals surface area contributed by atoms with Gasteiger partial charge in [0.1, 0.15) is 6.04 Å². The van der Waals surface area contributed by atoms with Crippen molar-refractivity contribution in [1.29, 1.82) is 0 Å². The summed E-state index contributed by atoms with van der Waals surface area (Å²) in [7, 11) is -3.24. The van der Waals surface area contributed by atoms with Gasteiger partial charge in [-0.05, 0) is 13.0 Å². The lowest BCUT2D eigenvalue weighted by atomic mass is 10.2. The highest BCUT2D eigenvalue weighted by molar-refractivity contribution is 7.89. The van der Waals surface area contributed by atoms with E-state index in [4.69, 9.17) is 9.63 Å². The first-order chi connectivity index (χ1) is 10.2. The molecule has 0 saturated carbocycles. The third-order valence-corrected chi connectivity index (χ3v) is 3.35. The van der Waals surface area contributed by atoms with Crippen LogP contribution >= 0.6 is 0 Å². The van der Waals surface area contributed by atoms with Crippen molar-refractivity contribution in [3.8, 4) is 11.4 Å². The summed E-state index contributed by atoms with van der Waals surface area (Å²) in [5, 5.41) is 22.0. The summed E-state index contributed by atoms with van der Waals surface area (Å²) in [6.07, 6.45) is 1.23. The van der Waals surface area contributed by atoms with Crippen molar-refractivity contribution >= 4 is 15.9 Å². The van der Waals surface area contributed by atoms with E-state index in [-0.39, 0.29) is 23.2 Å². The molecule has 11 heteroatoms. The maximum absolute atomic E-state index is 11.3. The number of carboxylic acid groups (broad SMARTS) is 1. The van der Waals surface area contributed by atoms with Gasteiger partial charge in [0.2, 0.25) is 11.7 Å². The van der Waals surface area contributed by atoms with E-state index < -0.39 is 22.0 Å². The molecule has 10 nitrogen and oxygen atoms in total. The average molecular weight is 327 g/mol. The smallest absolute Gasteiger partial charge is 0.405 e. The van der Waals surface area contributed by atoms with Gasteiger partial charge < -0.3 is 14.9 Å². The summed E-state index contributed by atoms with van der Waals surface area (Å²) in [4.78, 5) is 14.6. The molecule has 118 valence electrons. The van der Waals surface area contributed by atoms with Crippen LogP contribution in [0.1, 0.15) is 24.6 Å². The second-order valence-corrected chi connectivity index (χ2v) is 6.77. The number of carbonyl (C=O) groups is 1. The SMILES string of the molecule is CC(NC(=O)O)c1nc(-c2cnnc(CS(C)(=O)=O)c2)no1. The third kappa shape index (κ3) is 4.22. The summed E-state index contributed by atoms with van der Waals surface area (Å²) in [5.74, 6) is -0.00670. The summed E-state index contributed by atoms with van der Waals surface area (Å²) < 4.78 is 27.5. The van der Waals surface area contributed by atoms with Crippen molar-refractivity contribution in [2.75, 3.05) is 6.26 Å². The molecule has 0 saturated heterocycles. The summed E-state index contributed by atoms with van der Waals surface area (Å²) in [5.41, 5.74) is 0.675. The predicted octanol–water partition coefficient (Wildman–Crippen LogP) is 0.400. The van der Waals surface area contributed by atoms with Crippen LogP contribution in [0.3, 0.4) is 0 Å². The fourth-order valence-electron chi connectivity index (χ4n) is 1.65. The fraction of sp³-hybridized carbons (Fsp3) is 0.364. The van der Waals surface area contributed by atoms with Gasteiger partial charge in [0.15, 0.2) is 9.84 Å². The zero-order chi connectivity index (χ0) is 16.3. The summed E-state index contributed by atoms with van der Waals surface area (Å²) in [6, 6.07) is 0.807. The molecule has 0 aliphatic heterocycles. The number of nitrogens with one attached hydrogen (secondary N) is 1. The normalized spacial score (nSPS) is 12.8. The first-order valence-electron chi connectivity index (χ1n) is 6.07. The van der Waals surface area contributed by atoms with Gasteiger partial charge in [-0.2, -0.15) is 15.2 Å². The van der Waals surface area contributed by atoms with Crippen LogP contribution in [0, 0.1) is 0 Å². The lowest BCUT2D eigenvalue weighted by Crippen LogP contribution is -2.24. The molecule has 0 fully saturated rings. The van der Waals surface area contributed by atoms with Gasteiger partial charge in [-0.3, -0.25) is 0 Å². The van der Waals surface area contributed by atoms with Crippen LogP contribution in [-0.2, 0) is 15.6 Å². The molecule has 2 N–H and O–H groups in total. The highest BCUT2D eigenvalue weighted by Gasteiger charge is 2.17. The Bertz CT molecular complexity index is 788. The number of sulfone groups is 1. The van der Waals surface area contributed by atoms with Crippen LogP contribution < -0.4 is 5.32 Å². The predicted molar refractivity (Wildman–Crippen MR) is 73.4 cm³/mol. The minimum absolute atomic E-state index is 0.0823. The van der Waals surface area contributed by atoms with Crippen LogP contribution in [0.4, 0.5) is 4.79 Å². The molecule has 0 aliphatic carbocycles. The van der Waals surface area contributed by atoms with Crippen LogP contribution in [0.15, 0.2) is 16.8 Å². The van der Waals surface area contributed by atoms with E-state index in [9.17, 15) is 13.2 Å². The van der Waals surface area contributed by atoms with Crippen molar-refractivity contribution in [2.24, 2.45) is 0 Å². The largest absolute Gasteiger partial charge is 0.465 e. The van der Waals surface area contributed by atoms with Crippen LogP contribution in [0.2, 0.25) is 0 Å². The number of aromatic nitrogens is 4. The van der Waals surface area contributed by atoms with Gasteiger partial charge in [-0.15, -0.1) is 0 Å². The van der Waals surface area contributed by atoms with Crippen LogP contribution in [-0.4, -0.2) is 46.2 Å². The maximum atomic E-state index is 11.3. The van der Waals surface area contributed by atoms with E-state index in [0.29, 0.717) is 5.56 Å². The Kier molecular flexibility index (Phi) is 4.35. The van der Waals surface area contributed by atoms with E-state index in [1.54, 1.807) is 6.92 Å². The van der Waals surface area contributed by atoms with E-state index in [2.05, 4.69) is 25.7 Å². The van der Waals surface area contributed by atoms with Gasteiger partial charge >= 0.3 is 6.09 Å². The van der Waals surface area contributed by atoms with Gasteiger partial charge in [0.05, 0.1) is 17.6 Å². The van der Waals surface area contributed by atoms with Gasteiger partial charge in [-0.25, -0.2) is 13.2 Å². The van der Waals surface area contributed by atoms with E-state index >= 15 is 0 Å². The third-order valence-electron chi connectivity index (χ3n) is 2.53. The molecule has 0 bridgehead atoms. The second-order valence-electron chi connectivity index (χ2n) is 4.63. The van der Waals surface area contributed by atoms with Crippen molar-refractivity contribution in [1.82, 2.24) is 25.7 Å². The zero-order valence-corrected chi connectivity index (χ0v) is 12.5. The molecule has 2 rings (SSSR count). The molecule has 2 aromatic rings. The molecule has 22 heavy (non-hydrogen) atoms. The Morgan fingerprint density at radius 1 is 1.50 bits per heavy atom. The molecule has 0 spiro atoms. The minimum Gasteiger partial charge on any atom is -0.465 e. The molecular weight excluding hydrogens is 314 g/mol. The molecular formula is C11H13N5O5S. The van der Waals surface area contributed by atoms with Gasteiger partial charge in [-0.1, -0.05) is 5.16 Å². The Labute approximate surface area is 125 Å². The molecule has 1 unspecified atom stereocenters. The Morgan fingerprint density at radius 3 is 2.86 bits per heavy atom. The molecule has 0 aliphatic rings. The molecule has 1 atom stereocenters. The monoisotopic (exact) mass is 327 g/mol. The maximum Gasteiger partial charge on any atom is 0.405 e. The lowest BCUT2D eigenvalue weighted by Gasteiger charge is -2.04. The Hall–Kier alpha value is -2.56. The Morgan fingerprint density at radius 2 is 2.23 bits per heavy atom. The van der Waals surface area contributed by atoms with Crippen molar-refractivity contribution in [3.05, 3.63) is 23.8 Å². The molecule has 2 heterocycles. The summed E-state index contributed by atoms with van der Waals surface area (Å²) in [6.45, 7) is 1.55. The summed E-state index contributed by atoms with van der Waals surface area (Å²) >= 11 is 0. The van der Waals surface area contributed by atoms with Gasteiger partial charge in [0.25, 0.3) is 0 Å². The number of nitrogens with zero attached hydrogens (tertiary/aromatic N) is 4. The van der Waals surface area contributed by atoms with Crippen molar-refractivity contribution in [2.45, 2.75) is 18.7 Å². The van der Waals surface area contributed by atoms with Crippen molar-refractivity contribution < 1.29 is 22.8 Å². The van der Waals surface area contributed by atoms with E-state index in [1.165, 1.54) is 12.3 Å². The first kappa shape index (κ1) is 15.8. The van der Waals surface area contributed by atoms with Crippen LogP contribution in [0.25, 0.3) is 11.4 Å². The second kappa shape index (κ2) is 6.05. The first-order valence-corrected chi connectivity index (χ1v) is 8.13. The zero-order valence-electron chi connectivity index (χ0n) is 11.7. The number of hydrogen-bond acceptors (Lipinski definition) is 8. The molecule has 0 aromatic carbocycles. The molecule has 0 radical (unpaired) electrons.